The van der Waals surface area contributed by atoms with Crippen LogP contribution in [0.4, 0.5) is 4.39 Å². The SMILES string of the molecule is Cc1ccc(C(C)(C)C)c(OCC(=O)N2CC(C)N(Cc3ccc(F)cc3)CC2C)c1. The van der Waals surface area contributed by atoms with Crippen LogP contribution in [0.1, 0.15) is 51.3 Å². The number of nitrogens with zero attached hydrogens (tertiary/aromatic N) is 2. The summed E-state index contributed by atoms with van der Waals surface area (Å²) in [5.74, 6) is 0.586. The molecule has 1 aliphatic heterocycles. The molecule has 0 aliphatic carbocycles. The van der Waals surface area contributed by atoms with Crippen molar-refractivity contribution in [1.29, 1.82) is 0 Å². The summed E-state index contributed by atoms with van der Waals surface area (Å²) in [6, 6.07) is 13.1. The maximum atomic E-state index is 13.2. The van der Waals surface area contributed by atoms with Crippen molar-refractivity contribution in [1.82, 2.24) is 9.80 Å². The molecule has 1 fully saturated rings. The number of benzene rings is 2. The highest BCUT2D eigenvalue weighted by Crippen LogP contribution is 2.32. The molecule has 1 saturated heterocycles. The van der Waals surface area contributed by atoms with E-state index in [1.165, 1.54) is 12.1 Å². The number of ether oxygens (including phenoxy) is 1. The van der Waals surface area contributed by atoms with E-state index in [9.17, 15) is 9.18 Å². The molecule has 1 aliphatic rings. The number of carbonyl (C=O) groups excluding carboxylic acids is 1. The average Bonchev–Trinajstić information content (AvgIpc) is 2.69. The van der Waals surface area contributed by atoms with Gasteiger partial charge in [0, 0.05) is 31.7 Å². The van der Waals surface area contributed by atoms with Crippen molar-refractivity contribution < 1.29 is 13.9 Å². The van der Waals surface area contributed by atoms with Crippen molar-refractivity contribution in [3.8, 4) is 5.75 Å². The van der Waals surface area contributed by atoms with E-state index >= 15 is 0 Å². The molecule has 0 spiro atoms. The summed E-state index contributed by atoms with van der Waals surface area (Å²) in [5.41, 5.74) is 3.25. The van der Waals surface area contributed by atoms with Gasteiger partial charge in [-0.3, -0.25) is 9.69 Å². The van der Waals surface area contributed by atoms with Crippen LogP contribution in [-0.4, -0.2) is 47.5 Å². The summed E-state index contributed by atoms with van der Waals surface area (Å²) in [6.45, 7) is 14.9. The van der Waals surface area contributed by atoms with Gasteiger partial charge in [0.2, 0.25) is 0 Å². The minimum Gasteiger partial charge on any atom is -0.483 e. The maximum absolute atomic E-state index is 13.2. The molecule has 0 saturated carbocycles. The quantitative estimate of drug-likeness (QED) is 0.680. The summed E-state index contributed by atoms with van der Waals surface area (Å²) in [7, 11) is 0. The van der Waals surface area contributed by atoms with Gasteiger partial charge in [-0.15, -0.1) is 0 Å². The molecule has 0 bridgehead atoms. The summed E-state index contributed by atoms with van der Waals surface area (Å²) >= 11 is 0. The molecule has 0 N–H and O–H groups in total. The first-order valence-corrected chi connectivity index (χ1v) is 11.1. The fourth-order valence-electron chi connectivity index (χ4n) is 4.18. The van der Waals surface area contributed by atoms with E-state index < -0.39 is 0 Å². The first kappa shape index (κ1) is 23.3. The van der Waals surface area contributed by atoms with Gasteiger partial charge in [-0.1, -0.05) is 45.0 Å². The summed E-state index contributed by atoms with van der Waals surface area (Å²) < 4.78 is 19.2. The van der Waals surface area contributed by atoms with Crippen molar-refractivity contribution in [2.75, 3.05) is 19.7 Å². The molecule has 3 rings (SSSR count). The fraction of sp³-hybridized carbons (Fsp3) is 0.500. The average molecular weight is 427 g/mol. The molecule has 31 heavy (non-hydrogen) atoms. The van der Waals surface area contributed by atoms with Crippen LogP contribution in [0.5, 0.6) is 5.75 Å². The van der Waals surface area contributed by atoms with Gasteiger partial charge in [0.15, 0.2) is 6.61 Å². The molecule has 1 heterocycles. The van der Waals surface area contributed by atoms with Crippen molar-refractivity contribution >= 4 is 5.91 Å². The molecule has 5 heteroatoms. The summed E-state index contributed by atoms with van der Waals surface area (Å²) in [6.07, 6.45) is 0. The van der Waals surface area contributed by atoms with Gasteiger partial charge >= 0.3 is 0 Å². The van der Waals surface area contributed by atoms with E-state index in [0.29, 0.717) is 6.54 Å². The van der Waals surface area contributed by atoms with Crippen molar-refractivity contribution in [3.63, 3.8) is 0 Å². The molecule has 2 atom stereocenters. The van der Waals surface area contributed by atoms with Crippen molar-refractivity contribution in [3.05, 3.63) is 65.0 Å². The maximum Gasteiger partial charge on any atom is 0.260 e. The predicted octanol–water partition coefficient (Wildman–Crippen LogP) is 4.93. The number of aryl methyl sites for hydroxylation is 1. The van der Waals surface area contributed by atoms with Crippen molar-refractivity contribution in [2.24, 2.45) is 0 Å². The van der Waals surface area contributed by atoms with E-state index in [-0.39, 0.29) is 35.8 Å². The van der Waals surface area contributed by atoms with E-state index in [0.717, 1.165) is 35.5 Å². The third-order valence-electron chi connectivity index (χ3n) is 6.03. The van der Waals surface area contributed by atoms with Gasteiger partial charge in [0.05, 0.1) is 0 Å². The molecular weight excluding hydrogens is 391 g/mol. The Bertz CT molecular complexity index is 905. The normalized spacial score (nSPS) is 20.0. The van der Waals surface area contributed by atoms with Crippen LogP contribution < -0.4 is 4.74 Å². The second-order valence-corrected chi connectivity index (χ2v) is 9.84. The monoisotopic (exact) mass is 426 g/mol. The fourth-order valence-corrected chi connectivity index (χ4v) is 4.18. The Balaban J connectivity index is 1.62. The Morgan fingerprint density at radius 1 is 1.06 bits per heavy atom. The van der Waals surface area contributed by atoms with Crippen LogP contribution in [0.3, 0.4) is 0 Å². The lowest BCUT2D eigenvalue weighted by atomic mass is 9.86. The van der Waals surface area contributed by atoms with Crippen LogP contribution >= 0.6 is 0 Å². The number of piperazine rings is 1. The number of carbonyl (C=O) groups is 1. The second-order valence-electron chi connectivity index (χ2n) is 9.84. The molecule has 2 aromatic carbocycles. The first-order valence-electron chi connectivity index (χ1n) is 11.1. The lowest BCUT2D eigenvalue weighted by Gasteiger charge is -2.44. The second kappa shape index (κ2) is 9.39. The topological polar surface area (TPSA) is 32.8 Å². The van der Waals surface area contributed by atoms with Gasteiger partial charge in [0.1, 0.15) is 11.6 Å². The molecular formula is C26H35FN2O2. The summed E-state index contributed by atoms with van der Waals surface area (Å²) in [5, 5.41) is 0. The highest BCUT2D eigenvalue weighted by molar-refractivity contribution is 5.78. The molecule has 4 nitrogen and oxygen atoms in total. The van der Waals surface area contributed by atoms with E-state index in [2.05, 4.69) is 51.7 Å². The molecule has 2 aromatic rings. The summed E-state index contributed by atoms with van der Waals surface area (Å²) in [4.78, 5) is 17.3. The molecule has 168 valence electrons. The Hall–Kier alpha value is -2.40. The number of rotatable bonds is 5. The third kappa shape index (κ3) is 5.85. The Labute approximate surface area is 186 Å². The molecule has 0 aromatic heterocycles. The Morgan fingerprint density at radius 3 is 2.39 bits per heavy atom. The van der Waals surface area contributed by atoms with Gasteiger partial charge in [-0.2, -0.15) is 0 Å². The minimum atomic E-state index is -0.219. The predicted molar refractivity (Wildman–Crippen MR) is 123 cm³/mol. The van der Waals surface area contributed by atoms with Crippen LogP contribution in [-0.2, 0) is 16.8 Å². The van der Waals surface area contributed by atoms with Gasteiger partial charge < -0.3 is 9.64 Å². The van der Waals surface area contributed by atoms with Gasteiger partial charge in [-0.25, -0.2) is 4.39 Å². The van der Waals surface area contributed by atoms with E-state index in [1.54, 1.807) is 0 Å². The highest BCUT2D eigenvalue weighted by atomic mass is 19.1. The van der Waals surface area contributed by atoms with E-state index in [4.69, 9.17) is 4.74 Å². The zero-order valence-electron chi connectivity index (χ0n) is 19.6. The number of halogens is 1. The zero-order chi connectivity index (χ0) is 22.8. The van der Waals surface area contributed by atoms with Gasteiger partial charge in [-0.05, 0) is 61.1 Å². The van der Waals surface area contributed by atoms with E-state index in [1.807, 2.05) is 30.0 Å². The molecule has 2 unspecified atom stereocenters. The van der Waals surface area contributed by atoms with Crippen LogP contribution in [0.25, 0.3) is 0 Å². The minimum absolute atomic E-state index is 0.0159. The van der Waals surface area contributed by atoms with Crippen molar-refractivity contribution in [2.45, 2.75) is 65.6 Å². The number of hydrogen-bond donors (Lipinski definition) is 0. The zero-order valence-corrected chi connectivity index (χ0v) is 19.6. The van der Waals surface area contributed by atoms with Crippen LogP contribution in [0, 0.1) is 12.7 Å². The first-order chi connectivity index (χ1) is 14.5. The Kier molecular flexibility index (Phi) is 7.05. The van der Waals surface area contributed by atoms with Crippen LogP contribution in [0.2, 0.25) is 0 Å². The molecule has 0 radical (unpaired) electrons. The van der Waals surface area contributed by atoms with Crippen LogP contribution in [0.15, 0.2) is 42.5 Å². The standard InChI is InChI=1S/C26H35FN2O2/c1-18-7-12-23(26(4,5)6)24(13-18)31-17-25(30)29-15-19(2)28(14-20(29)3)16-21-8-10-22(27)11-9-21/h7-13,19-20H,14-17H2,1-6H3. The Morgan fingerprint density at radius 2 is 1.74 bits per heavy atom. The highest BCUT2D eigenvalue weighted by Gasteiger charge is 2.32. The lowest BCUT2D eigenvalue weighted by molar-refractivity contribution is -0.139. The van der Waals surface area contributed by atoms with Gasteiger partial charge in [0.25, 0.3) is 5.91 Å². The smallest absolute Gasteiger partial charge is 0.260 e. The number of hydrogen-bond acceptors (Lipinski definition) is 3. The largest absolute Gasteiger partial charge is 0.483 e. The lowest BCUT2D eigenvalue weighted by Crippen LogP contribution is -2.58. The number of amides is 1. The third-order valence-corrected chi connectivity index (χ3v) is 6.03. The molecule has 1 amide bonds.